The van der Waals surface area contributed by atoms with Crippen LogP contribution in [0.25, 0.3) is 0 Å². The van der Waals surface area contributed by atoms with Crippen molar-refractivity contribution in [1.82, 2.24) is 0 Å². The molecule has 0 aliphatic carbocycles. The summed E-state index contributed by atoms with van der Waals surface area (Å²) < 4.78 is 5.31. The minimum atomic E-state index is -1.24. The van der Waals surface area contributed by atoms with Crippen LogP contribution in [0.1, 0.15) is 25.0 Å². The first-order valence-electron chi connectivity index (χ1n) is 5.89. The van der Waals surface area contributed by atoms with E-state index in [1.807, 2.05) is 0 Å². The van der Waals surface area contributed by atoms with Crippen molar-refractivity contribution in [3.63, 3.8) is 0 Å². The third kappa shape index (κ3) is 4.09. The monoisotopic (exact) mass is 287 g/mol. The van der Waals surface area contributed by atoms with Crippen molar-refractivity contribution in [3.05, 3.63) is 33.9 Å². The van der Waals surface area contributed by atoms with E-state index in [1.54, 1.807) is 6.92 Å². The highest BCUT2D eigenvalue weighted by atomic mass is 32.1. The van der Waals surface area contributed by atoms with Gasteiger partial charge >= 0.3 is 0 Å². The zero-order chi connectivity index (χ0) is 14.4. The number of hydrogen-bond acceptors (Lipinski definition) is 6. The first-order chi connectivity index (χ1) is 9.01. The lowest BCUT2D eigenvalue weighted by Gasteiger charge is -2.20. The van der Waals surface area contributed by atoms with E-state index in [9.17, 15) is 20.3 Å². The van der Waals surface area contributed by atoms with Crippen molar-refractivity contribution in [3.8, 4) is 5.75 Å². The molecule has 106 valence electrons. The Balaban J connectivity index is 3.12. The van der Waals surface area contributed by atoms with E-state index in [0.717, 1.165) is 0 Å². The molecule has 2 N–H and O–H groups in total. The van der Waals surface area contributed by atoms with E-state index in [4.69, 9.17) is 4.74 Å². The number of ether oxygens (including phenoxy) is 1. The highest BCUT2D eigenvalue weighted by Crippen LogP contribution is 2.32. The predicted molar refractivity (Wildman–Crippen MR) is 73.7 cm³/mol. The van der Waals surface area contributed by atoms with Crippen molar-refractivity contribution < 1.29 is 19.9 Å². The summed E-state index contributed by atoms with van der Waals surface area (Å²) in [5.41, 5.74) is 0.0564. The summed E-state index contributed by atoms with van der Waals surface area (Å²) >= 11 is 3.98. The average Bonchev–Trinajstić information content (AvgIpc) is 2.38. The zero-order valence-corrected chi connectivity index (χ0v) is 11.4. The molecule has 19 heavy (non-hydrogen) atoms. The molecule has 0 radical (unpaired) electrons. The van der Waals surface area contributed by atoms with Gasteiger partial charge in [-0.1, -0.05) is 0 Å². The van der Waals surface area contributed by atoms with Gasteiger partial charge in [-0.15, -0.1) is 0 Å². The van der Waals surface area contributed by atoms with E-state index in [2.05, 4.69) is 12.6 Å². The van der Waals surface area contributed by atoms with Gasteiger partial charge in [0.1, 0.15) is 11.9 Å². The molecule has 0 aromatic heterocycles. The molecule has 0 bridgehead atoms. The van der Waals surface area contributed by atoms with E-state index in [0.29, 0.717) is 18.1 Å². The number of aliphatic hydroxyl groups is 2. The maximum absolute atomic E-state index is 10.7. The molecule has 0 aliphatic heterocycles. The van der Waals surface area contributed by atoms with Crippen LogP contribution in [0.15, 0.2) is 18.2 Å². The quantitative estimate of drug-likeness (QED) is 0.403. The van der Waals surface area contributed by atoms with Crippen LogP contribution in [0, 0.1) is 10.1 Å². The van der Waals surface area contributed by atoms with Gasteiger partial charge in [0.2, 0.25) is 0 Å². The Labute approximate surface area is 116 Å². The van der Waals surface area contributed by atoms with E-state index in [-0.39, 0.29) is 17.7 Å². The lowest BCUT2D eigenvalue weighted by molar-refractivity contribution is -0.385. The predicted octanol–water partition coefficient (Wildman–Crippen LogP) is 1.71. The number of rotatable bonds is 7. The van der Waals surface area contributed by atoms with Crippen LogP contribution in [-0.2, 0) is 0 Å². The number of nitro groups is 1. The lowest BCUT2D eigenvalue weighted by Crippen LogP contribution is -2.19. The van der Waals surface area contributed by atoms with Crippen LogP contribution in [0.3, 0.4) is 0 Å². The molecule has 1 aromatic carbocycles. The van der Waals surface area contributed by atoms with Crippen molar-refractivity contribution in [2.24, 2.45) is 0 Å². The largest absolute Gasteiger partial charge is 0.493 e. The third-order valence-corrected chi connectivity index (χ3v) is 2.87. The Bertz CT molecular complexity index is 440. The molecular formula is C12H17NO5S. The first-order valence-corrected chi connectivity index (χ1v) is 6.52. The summed E-state index contributed by atoms with van der Waals surface area (Å²) in [4.78, 5) is 10.2. The summed E-state index contributed by atoms with van der Waals surface area (Å²) in [6.45, 7) is 2.13. The van der Waals surface area contributed by atoms with Crippen LogP contribution in [0.4, 0.5) is 5.69 Å². The van der Waals surface area contributed by atoms with Crippen molar-refractivity contribution in [2.45, 2.75) is 25.6 Å². The second-order valence-electron chi connectivity index (χ2n) is 3.94. The molecule has 6 nitrogen and oxygen atoms in total. The van der Waals surface area contributed by atoms with Gasteiger partial charge in [0.05, 0.1) is 17.6 Å². The number of non-ortho nitro benzene ring substituents is 1. The number of aliphatic hydroxyl groups excluding tert-OH is 2. The lowest BCUT2D eigenvalue weighted by atomic mass is 10.0. The van der Waals surface area contributed by atoms with Gasteiger partial charge in [0, 0.05) is 17.7 Å². The second kappa shape index (κ2) is 7.32. The minimum absolute atomic E-state index is 0.157. The maximum atomic E-state index is 10.7. The number of thiol groups is 1. The molecule has 0 aliphatic rings. The summed E-state index contributed by atoms with van der Waals surface area (Å²) in [5.74, 6) is 0.732. The van der Waals surface area contributed by atoms with Gasteiger partial charge in [-0.2, -0.15) is 12.6 Å². The van der Waals surface area contributed by atoms with Gasteiger partial charge in [0.25, 0.3) is 5.69 Å². The van der Waals surface area contributed by atoms with E-state index in [1.165, 1.54) is 18.2 Å². The van der Waals surface area contributed by atoms with Gasteiger partial charge in [-0.25, -0.2) is 0 Å². The van der Waals surface area contributed by atoms with Gasteiger partial charge in [0.15, 0.2) is 0 Å². The van der Waals surface area contributed by atoms with Gasteiger partial charge < -0.3 is 14.9 Å². The fourth-order valence-electron chi connectivity index (χ4n) is 1.66. The van der Waals surface area contributed by atoms with Crippen LogP contribution in [0.2, 0.25) is 0 Å². The molecule has 1 aromatic rings. The topological polar surface area (TPSA) is 92.8 Å². The molecule has 0 heterocycles. The third-order valence-electron chi connectivity index (χ3n) is 2.61. The molecular weight excluding hydrogens is 270 g/mol. The highest BCUT2D eigenvalue weighted by Gasteiger charge is 2.23. The molecule has 1 rings (SSSR count). The van der Waals surface area contributed by atoms with Crippen LogP contribution in [0.5, 0.6) is 5.75 Å². The summed E-state index contributed by atoms with van der Waals surface area (Å²) in [6.07, 6.45) is -2.01. The van der Waals surface area contributed by atoms with Crippen LogP contribution >= 0.6 is 12.6 Å². The fourth-order valence-corrected chi connectivity index (χ4v) is 1.93. The molecule has 0 amide bonds. The van der Waals surface area contributed by atoms with Crippen molar-refractivity contribution in [1.29, 1.82) is 0 Å². The number of benzene rings is 1. The van der Waals surface area contributed by atoms with Crippen LogP contribution < -0.4 is 4.74 Å². The van der Waals surface area contributed by atoms with Gasteiger partial charge in [-0.3, -0.25) is 10.1 Å². The fraction of sp³-hybridized carbons (Fsp3) is 0.500. The first kappa shape index (κ1) is 15.7. The second-order valence-corrected chi connectivity index (χ2v) is 4.38. The standard InChI is InChI=1S/C12H17NO5S/c1-2-18-11-4-3-8(13(16)17)7-9(11)12(15)10(14)5-6-19/h3-4,7,10,12,14-15,19H,2,5-6H2,1H3. The molecule has 0 spiro atoms. The molecule has 2 unspecified atom stereocenters. The molecule has 2 atom stereocenters. The Morgan fingerprint density at radius 2 is 2.16 bits per heavy atom. The van der Waals surface area contributed by atoms with Crippen molar-refractivity contribution in [2.75, 3.05) is 12.4 Å². The Morgan fingerprint density at radius 3 is 2.68 bits per heavy atom. The molecule has 0 saturated heterocycles. The van der Waals surface area contributed by atoms with Crippen LogP contribution in [-0.4, -0.2) is 33.6 Å². The minimum Gasteiger partial charge on any atom is -0.493 e. The number of nitrogens with zero attached hydrogens (tertiary/aromatic N) is 1. The summed E-state index contributed by atoms with van der Waals surface area (Å²) in [7, 11) is 0. The number of hydrogen-bond donors (Lipinski definition) is 3. The molecule has 7 heteroatoms. The van der Waals surface area contributed by atoms with E-state index < -0.39 is 17.1 Å². The Morgan fingerprint density at radius 1 is 1.47 bits per heavy atom. The molecule has 0 saturated carbocycles. The average molecular weight is 287 g/mol. The Hall–Kier alpha value is -1.31. The maximum Gasteiger partial charge on any atom is 0.270 e. The van der Waals surface area contributed by atoms with Gasteiger partial charge in [-0.05, 0) is 25.2 Å². The smallest absolute Gasteiger partial charge is 0.270 e. The normalized spacial score (nSPS) is 13.9. The molecule has 0 fully saturated rings. The zero-order valence-electron chi connectivity index (χ0n) is 10.5. The Kier molecular flexibility index (Phi) is 6.07. The van der Waals surface area contributed by atoms with Crippen molar-refractivity contribution >= 4 is 18.3 Å². The van der Waals surface area contributed by atoms with E-state index >= 15 is 0 Å². The SMILES string of the molecule is CCOc1ccc([N+](=O)[O-])cc1C(O)C(O)CCS. The number of nitro benzene ring substituents is 1. The summed E-state index contributed by atoms with van der Waals surface area (Å²) in [6, 6.07) is 3.94. The highest BCUT2D eigenvalue weighted by molar-refractivity contribution is 7.80. The summed E-state index contributed by atoms with van der Waals surface area (Å²) in [5, 5.41) is 30.6.